The third-order valence-electron chi connectivity index (χ3n) is 3.19. The third-order valence-corrected chi connectivity index (χ3v) is 3.96. The number of ether oxygens (including phenoxy) is 2. The van der Waals surface area contributed by atoms with Crippen molar-refractivity contribution in [3.05, 3.63) is 35.0 Å². The second-order valence-electron chi connectivity index (χ2n) is 4.75. The van der Waals surface area contributed by atoms with E-state index in [1.54, 1.807) is 25.1 Å². The van der Waals surface area contributed by atoms with Crippen LogP contribution in [0, 0.1) is 6.92 Å². The van der Waals surface area contributed by atoms with Gasteiger partial charge in [0.2, 0.25) is 0 Å². The van der Waals surface area contributed by atoms with Gasteiger partial charge in [-0.15, -0.1) is 0 Å². The summed E-state index contributed by atoms with van der Waals surface area (Å²) in [7, 11) is 3.04. The number of nitrogen functional groups attached to an aromatic ring is 1. The zero-order valence-electron chi connectivity index (χ0n) is 13.3. The summed E-state index contributed by atoms with van der Waals surface area (Å²) in [6.07, 6.45) is 0. The van der Waals surface area contributed by atoms with E-state index in [0.717, 1.165) is 11.3 Å². The molecule has 0 atom stereocenters. The highest BCUT2D eigenvalue weighted by Gasteiger charge is 2.13. The molecule has 0 aliphatic heterocycles. The average molecular weight is 334 g/mol. The largest absolute Gasteiger partial charge is 0.497 e. The van der Waals surface area contributed by atoms with Crippen LogP contribution < -0.4 is 20.6 Å². The van der Waals surface area contributed by atoms with E-state index in [0.29, 0.717) is 27.8 Å². The van der Waals surface area contributed by atoms with Crippen LogP contribution in [0.4, 0.5) is 5.00 Å². The van der Waals surface area contributed by atoms with Gasteiger partial charge in [-0.3, -0.25) is 4.79 Å². The highest BCUT2D eigenvalue weighted by Crippen LogP contribution is 2.23. The first-order valence-electron chi connectivity index (χ1n) is 6.76. The second-order valence-corrected chi connectivity index (χ2v) is 5.55. The average Bonchev–Trinajstić information content (AvgIpc) is 2.90. The van der Waals surface area contributed by atoms with Gasteiger partial charge in [0.15, 0.2) is 0 Å². The van der Waals surface area contributed by atoms with Crippen LogP contribution in [0.1, 0.15) is 28.5 Å². The third kappa shape index (κ3) is 3.78. The normalized spacial score (nSPS) is 11.2. The molecule has 0 saturated heterocycles. The Morgan fingerprint density at radius 2 is 1.87 bits per heavy atom. The van der Waals surface area contributed by atoms with Gasteiger partial charge in [-0.2, -0.15) is 9.47 Å². The summed E-state index contributed by atoms with van der Waals surface area (Å²) in [6, 6.07) is 4.90. The number of nitrogens with zero attached hydrogens (tertiary/aromatic N) is 2. The zero-order valence-corrected chi connectivity index (χ0v) is 14.2. The zero-order chi connectivity index (χ0) is 17.0. The Morgan fingerprint density at radius 3 is 2.35 bits per heavy atom. The monoisotopic (exact) mass is 334 g/mol. The number of carbonyl (C=O) groups is 1. The summed E-state index contributed by atoms with van der Waals surface area (Å²) in [5.41, 5.74) is 10.9. The molecule has 8 heteroatoms. The molecule has 0 aliphatic carbocycles. The van der Waals surface area contributed by atoms with E-state index in [4.69, 9.17) is 15.2 Å². The Labute approximate surface area is 138 Å². The van der Waals surface area contributed by atoms with E-state index in [1.807, 2.05) is 6.92 Å². The molecule has 0 radical (unpaired) electrons. The van der Waals surface area contributed by atoms with Crippen LogP contribution in [0.3, 0.4) is 0 Å². The Hall–Kier alpha value is -2.61. The SMILES string of the molecule is COc1cc(OC)cc(C(=O)N/N=C(/C)c2c(C)nsc2N)c1. The molecule has 0 saturated carbocycles. The van der Waals surface area contributed by atoms with Crippen molar-refractivity contribution in [1.29, 1.82) is 0 Å². The Balaban J connectivity index is 2.21. The fraction of sp³-hybridized carbons (Fsp3) is 0.267. The first kappa shape index (κ1) is 16.8. The van der Waals surface area contributed by atoms with Crippen molar-refractivity contribution in [1.82, 2.24) is 9.80 Å². The topological polar surface area (TPSA) is 98.8 Å². The fourth-order valence-corrected chi connectivity index (χ4v) is 2.73. The number of nitrogens with one attached hydrogen (secondary N) is 1. The molecule has 1 aromatic heterocycles. The summed E-state index contributed by atoms with van der Waals surface area (Å²) in [5, 5.41) is 4.67. The van der Waals surface area contributed by atoms with Gasteiger partial charge >= 0.3 is 0 Å². The first-order chi connectivity index (χ1) is 11.0. The number of methoxy groups -OCH3 is 2. The number of aromatic nitrogens is 1. The number of hydrogen-bond acceptors (Lipinski definition) is 7. The number of benzene rings is 1. The minimum Gasteiger partial charge on any atom is -0.497 e. The van der Waals surface area contributed by atoms with E-state index in [1.165, 1.54) is 25.8 Å². The molecule has 2 aromatic rings. The van der Waals surface area contributed by atoms with Gasteiger partial charge in [0.05, 0.1) is 31.2 Å². The number of rotatable bonds is 5. The lowest BCUT2D eigenvalue weighted by Crippen LogP contribution is -2.19. The standard InChI is InChI=1S/C15H18N4O3S/c1-8(13-9(2)19-23-14(13)16)17-18-15(20)10-5-11(21-3)7-12(6-10)22-4/h5-7H,16H2,1-4H3,(H,18,20)/b17-8-. The molecule has 23 heavy (non-hydrogen) atoms. The quantitative estimate of drug-likeness (QED) is 0.645. The van der Waals surface area contributed by atoms with Gasteiger partial charge in [-0.05, 0) is 37.5 Å². The van der Waals surface area contributed by atoms with Gasteiger partial charge in [-0.1, -0.05) is 0 Å². The van der Waals surface area contributed by atoms with Gasteiger partial charge < -0.3 is 15.2 Å². The molecule has 1 aromatic carbocycles. The van der Waals surface area contributed by atoms with Crippen LogP contribution in [0.15, 0.2) is 23.3 Å². The number of aryl methyl sites for hydroxylation is 1. The van der Waals surface area contributed by atoms with Crippen molar-refractivity contribution in [2.45, 2.75) is 13.8 Å². The molecule has 0 aliphatic rings. The molecule has 0 unspecified atom stereocenters. The van der Waals surface area contributed by atoms with E-state index in [-0.39, 0.29) is 5.91 Å². The maximum atomic E-state index is 12.3. The maximum Gasteiger partial charge on any atom is 0.271 e. The number of anilines is 1. The van der Waals surface area contributed by atoms with Crippen LogP contribution in [-0.2, 0) is 0 Å². The summed E-state index contributed by atoms with van der Waals surface area (Å²) in [6.45, 7) is 3.61. The van der Waals surface area contributed by atoms with Gasteiger partial charge in [0, 0.05) is 11.6 Å². The van der Waals surface area contributed by atoms with Crippen molar-refractivity contribution in [3.8, 4) is 11.5 Å². The van der Waals surface area contributed by atoms with E-state index in [9.17, 15) is 4.79 Å². The van der Waals surface area contributed by atoms with Crippen LogP contribution in [-0.4, -0.2) is 30.2 Å². The Kier molecular flexibility index (Phi) is 5.17. The second kappa shape index (κ2) is 7.10. The number of carbonyl (C=O) groups excluding carboxylic acids is 1. The fourth-order valence-electron chi connectivity index (χ4n) is 2.02. The lowest BCUT2D eigenvalue weighted by Gasteiger charge is -2.08. The van der Waals surface area contributed by atoms with Gasteiger partial charge in [-0.25, -0.2) is 5.43 Å². The molecule has 122 valence electrons. The minimum atomic E-state index is -0.374. The van der Waals surface area contributed by atoms with Crippen molar-refractivity contribution < 1.29 is 14.3 Å². The van der Waals surface area contributed by atoms with Crippen LogP contribution in [0.5, 0.6) is 11.5 Å². The molecule has 2 rings (SSSR count). The summed E-state index contributed by atoms with van der Waals surface area (Å²) in [5.74, 6) is 0.676. The smallest absolute Gasteiger partial charge is 0.271 e. The van der Waals surface area contributed by atoms with Crippen molar-refractivity contribution >= 4 is 28.2 Å². The lowest BCUT2D eigenvalue weighted by atomic mass is 10.2. The van der Waals surface area contributed by atoms with Crippen molar-refractivity contribution in [3.63, 3.8) is 0 Å². The summed E-state index contributed by atoms with van der Waals surface area (Å²) < 4.78 is 14.4. The van der Waals surface area contributed by atoms with Crippen LogP contribution in [0.25, 0.3) is 0 Å². The lowest BCUT2D eigenvalue weighted by molar-refractivity contribution is 0.0954. The number of hydrogen-bond donors (Lipinski definition) is 2. The number of nitrogens with two attached hydrogens (primary N) is 1. The first-order valence-corrected chi connectivity index (χ1v) is 7.53. The minimum absolute atomic E-state index is 0.374. The predicted molar refractivity (Wildman–Crippen MR) is 90.5 cm³/mol. The number of hydrazone groups is 1. The van der Waals surface area contributed by atoms with Gasteiger partial charge in [0.1, 0.15) is 16.5 Å². The van der Waals surface area contributed by atoms with E-state index < -0.39 is 0 Å². The van der Waals surface area contributed by atoms with Crippen LogP contribution in [0.2, 0.25) is 0 Å². The molecule has 3 N–H and O–H groups in total. The Bertz CT molecular complexity index is 713. The number of amides is 1. The summed E-state index contributed by atoms with van der Waals surface area (Å²) in [4.78, 5) is 12.3. The molecular formula is C15H18N4O3S. The Morgan fingerprint density at radius 1 is 1.26 bits per heavy atom. The highest BCUT2D eigenvalue weighted by atomic mass is 32.1. The molecule has 7 nitrogen and oxygen atoms in total. The predicted octanol–water partition coefficient (Wildman–Crippen LogP) is 2.20. The molecule has 1 heterocycles. The molecule has 1 amide bonds. The van der Waals surface area contributed by atoms with Gasteiger partial charge in [0.25, 0.3) is 5.91 Å². The van der Waals surface area contributed by atoms with E-state index in [2.05, 4.69) is 14.9 Å². The highest BCUT2D eigenvalue weighted by molar-refractivity contribution is 7.10. The molecular weight excluding hydrogens is 316 g/mol. The van der Waals surface area contributed by atoms with Crippen LogP contribution >= 0.6 is 11.5 Å². The molecule has 0 spiro atoms. The van der Waals surface area contributed by atoms with Crippen molar-refractivity contribution in [2.24, 2.45) is 5.10 Å². The molecule has 0 bridgehead atoms. The van der Waals surface area contributed by atoms with E-state index >= 15 is 0 Å². The summed E-state index contributed by atoms with van der Waals surface area (Å²) >= 11 is 1.20. The molecule has 0 fully saturated rings. The maximum absolute atomic E-state index is 12.3. The van der Waals surface area contributed by atoms with Crippen molar-refractivity contribution in [2.75, 3.05) is 20.0 Å².